The van der Waals surface area contributed by atoms with Crippen molar-refractivity contribution in [2.75, 3.05) is 0 Å². The third kappa shape index (κ3) is 4.24. The van der Waals surface area contributed by atoms with Gasteiger partial charge in [-0.3, -0.25) is 9.59 Å². The van der Waals surface area contributed by atoms with E-state index in [4.69, 9.17) is 28.3 Å². The predicted molar refractivity (Wildman–Crippen MR) is 65.3 cm³/mol. The number of carbonyl (C=O) groups excluding carboxylic acids is 1. The highest BCUT2D eigenvalue weighted by Crippen LogP contribution is 2.28. The van der Waals surface area contributed by atoms with Gasteiger partial charge in [0, 0.05) is 17.0 Å². The molecule has 1 aromatic carbocycles. The van der Waals surface area contributed by atoms with Crippen LogP contribution in [0.5, 0.6) is 0 Å². The van der Waals surface area contributed by atoms with Crippen molar-refractivity contribution in [1.29, 1.82) is 0 Å². The van der Waals surface area contributed by atoms with Gasteiger partial charge in [-0.2, -0.15) is 0 Å². The normalized spacial score (nSPS) is 11.9. The number of hydrogen-bond donors (Lipinski definition) is 2. The Morgan fingerprint density at radius 1 is 1.41 bits per heavy atom. The molecule has 0 radical (unpaired) electrons. The molecule has 0 aliphatic carbocycles. The number of rotatable bonds is 4. The Kier molecular flexibility index (Phi) is 4.78. The Hall–Kier alpha value is -1.26. The molecular weight excluding hydrogens is 265 g/mol. The Morgan fingerprint density at radius 3 is 2.59 bits per heavy atom. The number of halogens is 2. The van der Waals surface area contributed by atoms with Crippen LogP contribution >= 0.6 is 23.2 Å². The van der Waals surface area contributed by atoms with E-state index in [1.807, 2.05) is 0 Å². The number of carboxylic acids is 1. The first kappa shape index (κ1) is 13.8. The smallest absolute Gasteiger partial charge is 0.305 e. The van der Waals surface area contributed by atoms with E-state index in [-0.39, 0.29) is 12.3 Å². The SMILES string of the molecule is CC(=O)NC(CC(=O)O)c1cc(Cl)ccc1Cl. The minimum absolute atomic E-state index is 0.250. The standard InChI is InChI=1S/C11H11Cl2NO3/c1-6(15)14-10(5-11(16)17)8-4-7(12)2-3-9(8)13/h2-4,10H,5H2,1H3,(H,14,15)(H,16,17). The summed E-state index contributed by atoms with van der Waals surface area (Å²) in [4.78, 5) is 21.8. The maximum absolute atomic E-state index is 11.0. The van der Waals surface area contributed by atoms with Crippen LogP contribution in [0.2, 0.25) is 10.0 Å². The Labute approximate surface area is 109 Å². The lowest BCUT2D eigenvalue weighted by molar-refractivity contribution is -0.137. The van der Waals surface area contributed by atoms with Crippen LogP contribution in [0.25, 0.3) is 0 Å². The maximum atomic E-state index is 11.0. The van der Waals surface area contributed by atoms with Crippen molar-refractivity contribution in [3.8, 4) is 0 Å². The highest BCUT2D eigenvalue weighted by Gasteiger charge is 2.19. The Morgan fingerprint density at radius 2 is 2.06 bits per heavy atom. The number of carboxylic acid groups (broad SMARTS) is 1. The van der Waals surface area contributed by atoms with Crippen molar-refractivity contribution in [2.24, 2.45) is 0 Å². The number of benzene rings is 1. The average molecular weight is 276 g/mol. The first-order chi connectivity index (χ1) is 7.90. The molecule has 2 N–H and O–H groups in total. The second-order valence-corrected chi connectivity index (χ2v) is 4.36. The molecule has 0 saturated carbocycles. The highest BCUT2D eigenvalue weighted by atomic mass is 35.5. The molecule has 0 fully saturated rings. The van der Waals surface area contributed by atoms with Gasteiger partial charge in [-0.1, -0.05) is 23.2 Å². The Balaban J connectivity index is 3.06. The fourth-order valence-electron chi connectivity index (χ4n) is 1.44. The molecule has 0 aromatic heterocycles. The molecule has 0 aliphatic heterocycles. The molecule has 0 spiro atoms. The van der Waals surface area contributed by atoms with Gasteiger partial charge in [0.05, 0.1) is 12.5 Å². The van der Waals surface area contributed by atoms with Gasteiger partial charge >= 0.3 is 5.97 Å². The van der Waals surface area contributed by atoms with Gasteiger partial charge < -0.3 is 10.4 Å². The molecule has 1 aromatic rings. The van der Waals surface area contributed by atoms with E-state index in [1.165, 1.54) is 6.92 Å². The first-order valence-corrected chi connectivity index (χ1v) is 5.59. The molecule has 4 nitrogen and oxygen atoms in total. The first-order valence-electron chi connectivity index (χ1n) is 4.84. The summed E-state index contributed by atoms with van der Waals surface area (Å²) >= 11 is 11.8. The number of hydrogen-bond acceptors (Lipinski definition) is 2. The quantitative estimate of drug-likeness (QED) is 0.888. The van der Waals surface area contributed by atoms with E-state index in [1.54, 1.807) is 18.2 Å². The monoisotopic (exact) mass is 275 g/mol. The van der Waals surface area contributed by atoms with Gasteiger partial charge in [0.15, 0.2) is 0 Å². The van der Waals surface area contributed by atoms with E-state index in [9.17, 15) is 9.59 Å². The predicted octanol–water partition coefficient (Wildman–Crippen LogP) is 2.65. The fraction of sp³-hybridized carbons (Fsp3) is 0.273. The molecule has 1 amide bonds. The molecule has 0 heterocycles. The zero-order valence-electron chi connectivity index (χ0n) is 9.04. The summed E-state index contributed by atoms with van der Waals surface area (Å²) in [7, 11) is 0. The van der Waals surface area contributed by atoms with Gasteiger partial charge in [-0.15, -0.1) is 0 Å². The van der Waals surface area contributed by atoms with Crippen LogP contribution in [0.1, 0.15) is 24.9 Å². The zero-order valence-corrected chi connectivity index (χ0v) is 10.5. The minimum atomic E-state index is -1.03. The molecule has 0 bridgehead atoms. The van der Waals surface area contributed by atoms with Crippen LogP contribution in [-0.4, -0.2) is 17.0 Å². The summed E-state index contributed by atoms with van der Waals surface area (Å²) < 4.78 is 0. The van der Waals surface area contributed by atoms with Gasteiger partial charge in [-0.05, 0) is 23.8 Å². The number of nitrogens with one attached hydrogen (secondary N) is 1. The molecule has 1 unspecified atom stereocenters. The summed E-state index contributed by atoms with van der Waals surface area (Å²) in [5.74, 6) is -1.35. The van der Waals surface area contributed by atoms with Gasteiger partial charge in [0.25, 0.3) is 0 Å². The van der Waals surface area contributed by atoms with Gasteiger partial charge in [-0.25, -0.2) is 0 Å². The molecule has 0 saturated heterocycles. The summed E-state index contributed by atoms with van der Waals surface area (Å²) in [5, 5.41) is 12.1. The van der Waals surface area contributed by atoms with E-state index < -0.39 is 12.0 Å². The lowest BCUT2D eigenvalue weighted by atomic mass is 10.0. The van der Waals surface area contributed by atoms with Crippen molar-refractivity contribution >= 4 is 35.1 Å². The second kappa shape index (κ2) is 5.89. The van der Waals surface area contributed by atoms with E-state index in [0.717, 1.165) is 0 Å². The molecule has 17 heavy (non-hydrogen) atoms. The van der Waals surface area contributed by atoms with Gasteiger partial charge in [0.2, 0.25) is 5.91 Å². The van der Waals surface area contributed by atoms with E-state index in [2.05, 4.69) is 5.32 Å². The molecular formula is C11H11Cl2NO3. The molecule has 1 rings (SSSR count). The third-order valence-corrected chi connectivity index (χ3v) is 2.67. The zero-order chi connectivity index (χ0) is 13.0. The Bertz CT molecular complexity index is 432. The van der Waals surface area contributed by atoms with Crippen LogP contribution in [0.4, 0.5) is 0 Å². The number of aliphatic carboxylic acids is 1. The van der Waals surface area contributed by atoms with Crippen molar-refractivity contribution in [2.45, 2.75) is 19.4 Å². The lowest BCUT2D eigenvalue weighted by Crippen LogP contribution is -2.28. The van der Waals surface area contributed by atoms with Crippen LogP contribution < -0.4 is 5.32 Å². The number of amides is 1. The van der Waals surface area contributed by atoms with Crippen LogP contribution in [0.15, 0.2) is 18.2 Å². The summed E-state index contributed by atoms with van der Waals surface area (Å²) in [6, 6.07) is 4.03. The van der Waals surface area contributed by atoms with Crippen LogP contribution in [0.3, 0.4) is 0 Å². The highest BCUT2D eigenvalue weighted by molar-refractivity contribution is 6.33. The van der Waals surface area contributed by atoms with Crippen LogP contribution in [-0.2, 0) is 9.59 Å². The number of carbonyl (C=O) groups is 2. The summed E-state index contributed by atoms with van der Waals surface area (Å²) in [5.41, 5.74) is 0.497. The van der Waals surface area contributed by atoms with Crippen molar-refractivity contribution < 1.29 is 14.7 Å². The average Bonchev–Trinajstić information content (AvgIpc) is 2.19. The van der Waals surface area contributed by atoms with Crippen molar-refractivity contribution in [3.05, 3.63) is 33.8 Å². The van der Waals surface area contributed by atoms with Gasteiger partial charge in [0.1, 0.15) is 0 Å². The topological polar surface area (TPSA) is 66.4 Å². The molecule has 92 valence electrons. The largest absolute Gasteiger partial charge is 0.481 e. The lowest BCUT2D eigenvalue weighted by Gasteiger charge is -2.17. The molecule has 6 heteroatoms. The minimum Gasteiger partial charge on any atom is -0.481 e. The fourth-order valence-corrected chi connectivity index (χ4v) is 1.87. The van der Waals surface area contributed by atoms with Crippen LogP contribution in [0, 0.1) is 0 Å². The maximum Gasteiger partial charge on any atom is 0.305 e. The second-order valence-electron chi connectivity index (χ2n) is 3.52. The van der Waals surface area contributed by atoms with Crippen molar-refractivity contribution in [3.63, 3.8) is 0 Å². The van der Waals surface area contributed by atoms with Crippen molar-refractivity contribution in [1.82, 2.24) is 5.32 Å². The summed E-state index contributed by atoms with van der Waals surface area (Å²) in [6.45, 7) is 1.31. The third-order valence-electron chi connectivity index (χ3n) is 2.09. The molecule has 1 atom stereocenters. The van der Waals surface area contributed by atoms with E-state index in [0.29, 0.717) is 15.6 Å². The summed E-state index contributed by atoms with van der Waals surface area (Å²) in [6.07, 6.45) is -0.250. The van der Waals surface area contributed by atoms with E-state index >= 15 is 0 Å². The molecule has 0 aliphatic rings.